The zero-order chi connectivity index (χ0) is 25.6. The summed E-state index contributed by atoms with van der Waals surface area (Å²) >= 11 is 0. The van der Waals surface area contributed by atoms with Gasteiger partial charge in [-0.05, 0) is 62.1 Å². The highest BCUT2D eigenvalue weighted by Gasteiger charge is 2.33. The molecule has 3 aliphatic rings. The second-order valence-electron chi connectivity index (χ2n) is 9.18. The molecule has 0 radical (unpaired) electrons. The van der Waals surface area contributed by atoms with Crippen molar-refractivity contribution in [2.24, 2.45) is 0 Å². The van der Waals surface area contributed by atoms with Crippen LogP contribution in [-0.2, 0) is 15.7 Å². The number of benzene rings is 1. The zero-order valence-electron chi connectivity index (χ0n) is 20.1. The van der Waals surface area contributed by atoms with E-state index < -0.39 is 11.9 Å². The smallest absolute Gasteiger partial charge is 0.433 e. The Bertz CT molecular complexity index is 1400. The summed E-state index contributed by atoms with van der Waals surface area (Å²) in [4.78, 5) is 14.5. The number of ether oxygens (including phenoxy) is 2. The fourth-order valence-corrected chi connectivity index (χ4v) is 4.79. The number of rotatable bonds is 3. The average Bonchev–Trinajstić information content (AvgIpc) is 3.18. The number of nitrogens with zero attached hydrogens (tertiary/aromatic N) is 5. The van der Waals surface area contributed by atoms with Gasteiger partial charge in [0.1, 0.15) is 29.7 Å². The monoisotopic (exact) mass is 510 g/mol. The van der Waals surface area contributed by atoms with Gasteiger partial charge in [-0.15, -0.1) is 0 Å². The summed E-state index contributed by atoms with van der Waals surface area (Å²) in [5.41, 5.74) is 6.48. The SMILES string of the molecule is Cc1cc(-c2ncc3nc(C(F)(F)F)ccc3n2)ccc1N1C=C2C(=CNN2C2CCCCO2)OCC1. The molecule has 3 aromatic rings. The zero-order valence-corrected chi connectivity index (χ0v) is 20.1. The first kappa shape index (κ1) is 23.5. The van der Waals surface area contributed by atoms with Crippen LogP contribution >= 0.6 is 0 Å². The minimum absolute atomic E-state index is 0.0486. The van der Waals surface area contributed by atoms with Crippen molar-refractivity contribution >= 4 is 16.7 Å². The first-order chi connectivity index (χ1) is 17.9. The van der Waals surface area contributed by atoms with Crippen molar-refractivity contribution in [3.05, 3.63) is 71.6 Å². The van der Waals surface area contributed by atoms with Crippen LogP contribution in [0.5, 0.6) is 0 Å². The molecule has 0 bridgehead atoms. The van der Waals surface area contributed by atoms with Crippen LogP contribution in [0.1, 0.15) is 30.5 Å². The van der Waals surface area contributed by atoms with Crippen LogP contribution in [0.4, 0.5) is 18.9 Å². The maximum Gasteiger partial charge on any atom is 0.433 e. The number of hydrogen-bond acceptors (Lipinski definition) is 8. The Kier molecular flexibility index (Phi) is 5.86. The van der Waals surface area contributed by atoms with Crippen molar-refractivity contribution < 1.29 is 22.6 Å². The van der Waals surface area contributed by atoms with Gasteiger partial charge >= 0.3 is 6.18 Å². The molecule has 5 heterocycles. The molecule has 0 spiro atoms. The number of fused-ring (bicyclic) bond motifs is 2. The summed E-state index contributed by atoms with van der Waals surface area (Å²) < 4.78 is 50.9. The fourth-order valence-electron chi connectivity index (χ4n) is 4.79. The maximum absolute atomic E-state index is 13.0. The lowest BCUT2D eigenvalue weighted by Crippen LogP contribution is -2.43. The highest BCUT2D eigenvalue weighted by molar-refractivity contribution is 5.76. The molecule has 1 fully saturated rings. The first-order valence-electron chi connectivity index (χ1n) is 12.2. The largest absolute Gasteiger partial charge is 0.488 e. The molecule has 1 saturated heterocycles. The highest BCUT2D eigenvalue weighted by atomic mass is 19.4. The third kappa shape index (κ3) is 4.55. The Morgan fingerprint density at radius 1 is 1.05 bits per heavy atom. The van der Waals surface area contributed by atoms with E-state index in [1.54, 1.807) is 0 Å². The minimum Gasteiger partial charge on any atom is -0.488 e. The number of alkyl halides is 3. The Labute approximate surface area is 211 Å². The van der Waals surface area contributed by atoms with Crippen molar-refractivity contribution in [3.63, 3.8) is 0 Å². The molecule has 1 atom stereocenters. The second kappa shape index (κ2) is 9.22. The van der Waals surface area contributed by atoms with E-state index in [2.05, 4.69) is 31.5 Å². The third-order valence-electron chi connectivity index (χ3n) is 6.65. The Morgan fingerprint density at radius 3 is 2.73 bits per heavy atom. The summed E-state index contributed by atoms with van der Waals surface area (Å²) in [5, 5.41) is 2.03. The summed E-state index contributed by atoms with van der Waals surface area (Å²) in [7, 11) is 0. The van der Waals surface area contributed by atoms with E-state index >= 15 is 0 Å². The minimum atomic E-state index is -4.51. The molecule has 11 heteroatoms. The van der Waals surface area contributed by atoms with Crippen LogP contribution in [0.15, 0.2) is 60.4 Å². The number of halogens is 3. The number of aromatic nitrogens is 3. The van der Waals surface area contributed by atoms with Gasteiger partial charge in [0.15, 0.2) is 11.6 Å². The normalized spacial score (nSPS) is 20.1. The lowest BCUT2D eigenvalue weighted by Gasteiger charge is -2.33. The van der Waals surface area contributed by atoms with Gasteiger partial charge in [0.25, 0.3) is 0 Å². The molecular weight excluding hydrogens is 485 g/mol. The van der Waals surface area contributed by atoms with Crippen LogP contribution in [0, 0.1) is 6.92 Å². The van der Waals surface area contributed by atoms with E-state index in [0.29, 0.717) is 24.5 Å². The van der Waals surface area contributed by atoms with Gasteiger partial charge in [0.05, 0.1) is 24.5 Å². The molecule has 1 aromatic carbocycles. The third-order valence-corrected chi connectivity index (χ3v) is 6.65. The Balaban J connectivity index is 1.28. The predicted octanol–water partition coefficient (Wildman–Crippen LogP) is 4.89. The van der Waals surface area contributed by atoms with Crippen molar-refractivity contribution in [1.82, 2.24) is 25.4 Å². The number of pyridine rings is 1. The second-order valence-corrected chi connectivity index (χ2v) is 9.18. The lowest BCUT2D eigenvalue weighted by atomic mass is 10.1. The molecule has 0 saturated carbocycles. The Morgan fingerprint density at radius 2 is 1.95 bits per heavy atom. The fraction of sp³-hybridized carbons (Fsp3) is 0.346. The molecule has 192 valence electrons. The van der Waals surface area contributed by atoms with Crippen LogP contribution in [0.2, 0.25) is 0 Å². The molecular formula is C26H25F3N6O2. The van der Waals surface area contributed by atoms with Crippen molar-refractivity contribution in [1.29, 1.82) is 0 Å². The van der Waals surface area contributed by atoms with Crippen LogP contribution in [0.25, 0.3) is 22.4 Å². The van der Waals surface area contributed by atoms with E-state index in [1.807, 2.05) is 36.3 Å². The molecule has 0 amide bonds. The van der Waals surface area contributed by atoms with E-state index in [0.717, 1.165) is 60.2 Å². The number of anilines is 1. The van der Waals surface area contributed by atoms with Gasteiger partial charge in [-0.25, -0.2) is 15.0 Å². The number of nitrogens with one attached hydrogen (secondary N) is 1. The average molecular weight is 511 g/mol. The van der Waals surface area contributed by atoms with Gasteiger partial charge < -0.3 is 14.4 Å². The Hall–Kier alpha value is -3.86. The van der Waals surface area contributed by atoms with Gasteiger partial charge in [-0.3, -0.25) is 10.4 Å². The van der Waals surface area contributed by atoms with E-state index in [9.17, 15) is 13.2 Å². The molecule has 8 nitrogen and oxygen atoms in total. The van der Waals surface area contributed by atoms with Crippen LogP contribution < -0.4 is 10.3 Å². The van der Waals surface area contributed by atoms with Gasteiger partial charge in [-0.2, -0.15) is 13.2 Å². The quantitative estimate of drug-likeness (QED) is 0.534. The number of hydrazine groups is 1. The predicted molar refractivity (Wildman–Crippen MR) is 131 cm³/mol. The molecule has 1 unspecified atom stereocenters. The topological polar surface area (TPSA) is 75.6 Å². The van der Waals surface area contributed by atoms with Crippen LogP contribution in [0.3, 0.4) is 0 Å². The molecule has 3 aliphatic heterocycles. The first-order valence-corrected chi connectivity index (χ1v) is 12.2. The molecule has 1 N–H and O–H groups in total. The van der Waals surface area contributed by atoms with E-state index in [4.69, 9.17) is 9.47 Å². The lowest BCUT2D eigenvalue weighted by molar-refractivity contribution is -0.140. The van der Waals surface area contributed by atoms with E-state index in [1.165, 1.54) is 12.3 Å². The van der Waals surface area contributed by atoms with Crippen molar-refractivity contribution in [2.45, 2.75) is 38.6 Å². The van der Waals surface area contributed by atoms with Gasteiger partial charge in [0, 0.05) is 24.1 Å². The summed E-state index contributed by atoms with van der Waals surface area (Å²) in [6, 6.07) is 8.15. The standard InChI is InChI=1S/C26H25F3N6O2/c1-16-12-17(25-30-13-19-18(33-25)6-8-23(32-19)26(27,28)29)5-7-20(16)34-9-11-36-22-14-31-35(21(22)15-34)24-4-2-3-10-37-24/h5-8,12-15,24,31H,2-4,9-11H2,1H3. The molecule has 0 aliphatic carbocycles. The summed E-state index contributed by atoms with van der Waals surface area (Å²) in [6.45, 7) is 3.94. The number of aryl methyl sites for hydroxylation is 1. The highest BCUT2D eigenvalue weighted by Crippen LogP contribution is 2.33. The van der Waals surface area contributed by atoms with Crippen LogP contribution in [-0.4, -0.2) is 45.9 Å². The molecule has 2 aromatic heterocycles. The van der Waals surface area contributed by atoms with Crippen molar-refractivity contribution in [3.8, 4) is 11.4 Å². The summed E-state index contributed by atoms with van der Waals surface area (Å²) in [6.07, 6.45) is 3.85. The number of hydrogen-bond donors (Lipinski definition) is 1. The van der Waals surface area contributed by atoms with Gasteiger partial charge in [-0.1, -0.05) is 0 Å². The molecule has 6 rings (SSSR count). The maximum atomic E-state index is 13.0. The summed E-state index contributed by atoms with van der Waals surface area (Å²) in [5.74, 6) is 1.21. The molecule has 37 heavy (non-hydrogen) atoms. The van der Waals surface area contributed by atoms with Gasteiger partial charge in [0.2, 0.25) is 0 Å². The van der Waals surface area contributed by atoms with Crippen molar-refractivity contribution in [2.75, 3.05) is 24.7 Å². The van der Waals surface area contributed by atoms with E-state index in [-0.39, 0.29) is 11.7 Å².